The van der Waals surface area contributed by atoms with Crippen molar-refractivity contribution in [3.8, 4) is 0 Å². The van der Waals surface area contributed by atoms with E-state index >= 15 is 0 Å². The Labute approximate surface area is 125 Å². The number of nitrogens with one attached hydrogen (secondary N) is 1. The molecular weight excluding hydrogens is 360 g/mol. The van der Waals surface area contributed by atoms with E-state index in [9.17, 15) is 4.79 Å². The van der Waals surface area contributed by atoms with E-state index < -0.39 is 5.97 Å². The highest BCUT2D eigenvalue weighted by molar-refractivity contribution is 9.11. The molecule has 96 valence electrons. The van der Waals surface area contributed by atoms with Crippen molar-refractivity contribution >= 4 is 61.3 Å². The highest BCUT2D eigenvalue weighted by atomic mass is 79.9. The Kier molecular flexibility index (Phi) is 4.60. The first kappa shape index (κ1) is 13.8. The zero-order valence-electron chi connectivity index (χ0n) is 9.20. The molecule has 0 radical (unpaired) electrons. The van der Waals surface area contributed by atoms with Gasteiger partial charge in [-0.1, -0.05) is 22.9 Å². The molecule has 0 aliphatic carbocycles. The Morgan fingerprint density at radius 2 is 2.33 bits per heavy atom. The maximum atomic E-state index is 11.4. The summed E-state index contributed by atoms with van der Waals surface area (Å²) in [4.78, 5) is 16.9. The quantitative estimate of drug-likeness (QED) is 0.829. The minimum Gasteiger partial charge on any atom is -0.465 e. The van der Waals surface area contributed by atoms with E-state index in [-0.39, 0.29) is 5.15 Å². The summed E-state index contributed by atoms with van der Waals surface area (Å²) in [5, 5.41) is 3.89. The second kappa shape index (κ2) is 6.01. The Hall–Kier alpha value is -0.630. The minimum atomic E-state index is -0.468. The summed E-state index contributed by atoms with van der Waals surface area (Å²) in [6, 6.07) is 3.99. The summed E-state index contributed by atoms with van der Waals surface area (Å²) < 4.78 is 5.69. The maximum absolute atomic E-state index is 11.4. The van der Waals surface area contributed by atoms with E-state index in [0.717, 1.165) is 8.66 Å². The van der Waals surface area contributed by atoms with Crippen molar-refractivity contribution in [3.05, 3.63) is 30.8 Å². The van der Waals surface area contributed by atoms with Gasteiger partial charge in [-0.15, -0.1) is 11.3 Å². The van der Waals surface area contributed by atoms with Crippen LogP contribution in [0.4, 0.5) is 5.13 Å². The number of esters is 1. The third-order valence-corrected chi connectivity index (χ3v) is 5.00. The van der Waals surface area contributed by atoms with Crippen LogP contribution in [0.3, 0.4) is 0 Å². The number of rotatable bonds is 4. The number of aromatic nitrogens is 1. The van der Waals surface area contributed by atoms with Gasteiger partial charge in [-0.3, -0.25) is 0 Å². The average molecular weight is 368 g/mol. The predicted octanol–water partition coefficient (Wildman–Crippen LogP) is 4.02. The van der Waals surface area contributed by atoms with Gasteiger partial charge in [0.2, 0.25) is 0 Å². The van der Waals surface area contributed by atoms with Gasteiger partial charge in [-0.05, 0) is 28.1 Å². The smallest absolute Gasteiger partial charge is 0.351 e. The van der Waals surface area contributed by atoms with E-state index in [1.807, 2.05) is 12.1 Å². The van der Waals surface area contributed by atoms with Crippen LogP contribution in [0.2, 0.25) is 5.15 Å². The molecule has 2 heterocycles. The Balaban J connectivity index is 2.04. The third-order valence-electron chi connectivity index (χ3n) is 2.00. The molecule has 0 saturated carbocycles. The van der Waals surface area contributed by atoms with E-state index in [0.29, 0.717) is 16.6 Å². The molecule has 0 unspecified atom stereocenters. The predicted molar refractivity (Wildman–Crippen MR) is 77.8 cm³/mol. The minimum absolute atomic E-state index is 0.168. The lowest BCUT2D eigenvalue weighted by molar-refractivity contribution is 0.0606. The summed E-state index contributed by atoms with van der Waals surface area (Å²) in [6.45, 7) is 0.640. The zero-order chi connectivity index (χ0) is 13.1. The lowest BCUT2D eigenvalue weighted by atomic mass is 10.5. The normalized spacial score (nSPS) is 10.4. The molecule has 0 aliphatic rings. The fourth-order valence-electron chi connectivity index (χ4n) is 1.21. The van der Waals surface area contributed by atoms with Crippen molar-refractivity contribution in [1.29, 1.82) is 0 Å². The molecule has 2 rings (SSSR count). The van der Waals surface area contributed by atoms with Gasteiger partial charge in [0, 0.05) is 4.88 Å². The van der Waals surface area contributed by atoms with Gasteiger partial charge in [0.1, 0.15) is 0 Å². The molecule has 2 aromatic rings. The van der Waals surface area contributed by atoms with Gasteiger partial charge in [0.15, 0.2) is 15.2 Å². The molecule has 18 heavy (non-hydrogen) atoms. The van der Waals surface area contributed by atoms with Crippen LogP contribution in [0.5, 0.6) is 0 Å². The molecule has 0 amide bonds. The second-order valence-electron chi connectivity index (χ2n) is 3.19. The van der Waals surface area contributed by atoms with Crippen LogP contribution in [0.25, 0.3) is 0 Å². The van der Waals surface area contributed by atoms with Gasteiger partial charge >= 0.3 is 5.97 Å². The van der Waals surface area contributed by atoms with Crippen LogP contribution < -0.4 is 5.32 Å². The van der Waals surface area contributed by atoms with E-state index in [1.54, 1.807) is 11.3 Å². The lowest BCUT2D eigenvalue weighted by Gasteiger charge is -1.98. The number of carbonyl (C=O) groups excluding carboxylic acids is 1. The summed E-state index contributed by atoms with van der Waals surface area (Å²) in [6.07, 6.45) is 0. The van der Waals surface area contributed by atoms with Crippen LogP contribution in [0.1, 0.15) is 14.5 Å². The summed E-state index contributed by atoms with van der Waals surface area (Å²) in [5.41, 5.74) is 0. The first-order valence-electron chi connectivity index (χ1n) is 4.83. The number of nitrogens with zero attached hydrogens (tertiary/aromatic N) is 1. The second-order valence-corrected chi connectivity index (χ2v) is 7.09. The zero-order valence-corrected chi connectivity index (χ0v) is 13.2. The first-order valence-corrected chi connectivity index (χ1v) is 7.63. The molecule has 0 aromatic carbocycles. The summed E-state index contributed by atoms with van der Waals surface area (Å²) in [7, 11) is 1.31. The first-order chi connectivity index (χ1) is 8.60. The van der Waals surface area contributed by atoms with Crippen molar-refractivity contribution in [2.24, 2.45) is 0 Å². The Morgan fingerprint density at radius 3 is 2.94 bits per heavy atom. The van der Waals surface area contributed by atoms with Crippen molar-refractivity contribution in [2.45, 2.75) is 6.54 Å². The van der Waals surface area contributed by atoms with Crippen molar-refractivity contribution in [1.82, 2.24) is 4.98 Å². The van der Waals surface area contributed by atoms with Crippen LogP contribution in [-0.4, -0.2) is 18.1 Å². The van der Waals surface area contributed by atoms with Crippen molar-refractivity contribution < 1.29 is 9.53 Å². The van der Waals surface area contributed by atoms with Gasteiger partial charge < -0.3 is 10.1 Å². The number of carbonyl (C=O) groups is 1. The highest BCUT2D eigenvalue weighted by Crippen LogP contribution is 2.29. The van der Waals surface area contributed by atoms with Crippen molar-refractivity contribution in [2.75, 3.05) is 12.4 Å². The highest BCUT2D eigenvalue weighted by Gasteiger charge is 2.17. The number of anilines is 1. The van der Waals surface area contributed by atoms with Crippen LogP contribution >= 0.6 is 50.2 Å². The fraction of sp³-hybridized carbons (Fsp3) is 0.200. The number of thiazole rings is 1. The molecule has 8 heteroatoms. The monoisotopic (exact) mass is 366 g/mol. The van der Waals surface area contributed by atoms with Crippen LogP contribution in [0, 0.1) is 0 Å². The molecular formula is C10H8BrClN2O2S2. The Morgan fingerprint density at radius 1 is 1.56 bits per heavy atom. The van der Waals surface area contributed by atoms with Crippen LogP contribution in [-0.2, 0) is 11.3 Å². The lowest BCUT2D eigenvalue weighted by Crippen LogP contribution is -1.98. The molecule has 0 bridgehead atoms. The van der Waals surface area contributed by atoms with E-state index in [4.69, 9.17) is 11.6 Å². The number of hydrogen-bond acceptors (Lipinski definition) is 6. The molecule has 0 fully saturated rings. The van der Waals surface area contributed by atoms with Gasteiger partial charge in [-0.25, -0.2) is 9.78 Å². The summed E-state index contributed by atoms with van der Waals surface area (Å²) >= 11 is 12.1. The van der Waals surface area contributed by atoms with Crippen molar-refractivity contribution in [3.63, 3.8) is 0 Å². The van der Waals surface area contributed by atoms with Gasteiger partial charge in [0.25, 0.3) is 0 Å². The molecule has 0 saturated heterocycles. The number of hydrogen-bond donors (Lipinski definition) is 1. The third kappa shape index (κ3) is 3.23. The van der Waals surface area contributed by atoms with E-state index in [1.165, 1.54) is 18.4 Å². The molecule has 2 aromatic heterocycles. The number of halogens is 2. The SMILES string of the molecule is COC(=O)c1sc(NCc2ccc(Br)s2)nc1Cl. The summed E-state index contributed by atoms with van der Waals surface area (Å²) in [5.74, 6) is -0.468. The molecule has 0 aliphatic heterocycles. The maximum Gasteiger partial charge on any atom is 0.351 e. The Bertz CT molecular complexity index is 570. The largest absolute Gasteiger partial charge is 0.465 e. The standard InChI is InChI=1S/C10H8BrClN2O2S2/c1-16-9(15)7-8(12)14-10(18-7)13-4-5-2-3-6(11)17-5/h2-3H,4H2,1H3,(H,13,14). The number of ether oxygens (including phenoxy) is 1. The van der Waals surface area contributed by atoms with Gasteiger partial charge in [0.05, 0.1) is 17.4 Å². The van der Waals surface area contributed by atoms with E-state index in [2.05, 4.69) is 31.0 Å². The topological polar surface area (TPSA) is 51.2 Å². The van der Waals surface area contributed by atoms with Gasteiger partial charge in [-0.2, -0.15) is 0 Å². The van der Waals surface area contributed by atoms with Crippen LogP contribution in [0.15, 0.2) is 15.9 Å². The molecule has 1 N–H and O–H groups in total. The fourth-order valence-corrected chi connectivity index (χ4v) is 3.73. The number of thiophene rings is 1. The molecule has 0 atom stereocenters. The molecule has 0 spiro atoms. The number of methoxy groups -OCH3 is 1. The average Bonchev–Trinajstić information content (AvgIpc) is 2.92. The molecule has 4 nitrogen and oxygen atoms in total.